The van der Waals surface area contributed by atoms with Gasteiger partial charge >= 0.3 is 0 Å². The maximum atomic E-state index is 12.1. The van der Waals surface area contributed by atoms with E-state index in [-0.39, 0.29) is 5.91 Å². The second-order valence-electron chi connectivity index (χ2n) is 4.49. The summed E-state index contributed by atoms with van der Waals surface area (Å²) < 4.78 is 1.03. The molecule has 1 aliphatic rings. The highest BCUT2D eigenvalue weighted by Crippen LogP contribution is 2.39. The summed E-state index contributed by atoms with van der Waals surface area (Å²) in [6, 6.07) is 2.03. The van der Waals surface area contributed by atoms with Gasteiger partial charge in [0.15, 0.2) is 0 Å². The summed E-state index contributed by atoms with van der Waals surface area (Å²) in [5, 5.41) is 2.01. The Morgan fingerprint density at radius 2 is 2.24 bits per heavy atom. The van der Waals surface area contributed by atoms with Crippen molar-refractivity contribution in [1.29, 1.82) is 0 Å². The molecule has 1 aromatic heterocycles. The zero-order chi connectivity index (χ0) is 12.5. The molecule has 0 aliphatic carbocycles. The fraction of sp³-hybridized carbons (Fsp3) is 0.545. The number of hydrogen-bond donors (Lipinski definition) is 2. The van der Waals surface area contributed by atoms with Crippen LogP contribution in [-0.4, -0.2) is 30.9 Å². The molecule has 1 amide bonds. The first-order valence-electron chi connectivity index (χ1n) is 5.52. The van der Waals surface area contributed by atoms with Crippen molar-refractivity contribution < 1.29 is 4.79 Å². The van der Waals surface area contributed by atoms with Crippen LogP contribution < -0.4 is 11.3 Å². The van der Waals surface area contributed by atoms with Crippen LogP contribution >= 0.6 is 27.3 Å². The summed E-state index contributed by atoms with van der Waals surface area (Å²) in [6.07, 6.45) is 1.64. The molecule has 94 valence electrons. The number of thiophene rings is 1. The lowest BCUT2D eigenvalue weighted by molar-refractivity contribution is -0.128. The van der Waals surface area contributed by atoms with Crippen molar-refractivity contribution in [2.24, 2.45) is 5.84 Å². The third kappa shape index (κ3) is 2.40. The third-order valence-corrected chi connectivity index (χ3v) is 5.34. The van der Waals surface area contributed by atoms with Gasteiger partial charge in [0.1, 0.15) is 0 Å². The molecule has 4 nitrogen and oxygen atoms in total. The van der Waals surface area contributed by atoms with E-state index in [0.717, 1.165) is 35.3 Å². The molecule has 0 spiro atoms. The zero-order valence-corrected chi connectivity index (χ0v) is 12.1. The Morgan fingerprint density at radius 1 is 1.59 bits per heavy atom. The number of piperidine rings is 1. The molecule has 2 heterocycles. The third-order valence-electron chi connectivity index (χ3n) is 3.45. The molecule has 1 saturated heterocycles. The van der Waals surface area contributed by atoms with E-state index in [4.69, 9.17) is 5.84 Å². The van der Waals surface area contributed by atoms with Crippen LogP contribution in [0.2, 0.25) is 0 Å². The second-order valence-corrected chi connectivity index (χ2v) is 6.31. The Labute approximate surface area is 113 Å². The van der Waals surface area contributed by atoms with Crippen molar-refractivity contribution in [3.05, 3.63) is 20.8 Å². The first-order valence-corrected chi connectivity index (χ1v) is 7.20. The lowest BCUT2D eigenvalue weighted by atomic mass is 9.76. The summed E-state index contributed by atoms with van der Waals surface area (Å²) in [5.74, 6) is 5.28. The fourth-order valence-corrected chi connectivity index (χ4v) is 3.97. The first kappa shape index (κ1) is 13.0. The van der Waals surface area contributed by atoms with Gasteiger partial charge in [-0.25, -0.2) is 5.84 Å². The molecular formula is C11H16BrN3OS. The molecule has 6 heteroatoms. The van der Waals surface area contributed by atoms with Crippen molar-refractivity contribution in [1.82, 2.24) is 10.3 Å². The SMILES string of the molecule is CN1CCC(C(=O)NN)(c2cc(Br)cs2)CC1. The maximum Gasteiger partial charge on any atom is 0.245 e. The fourth-order valence-electron chi connectivity index (χ4n) is 2.29. The molecule has 0 atom stereocenters. The van der Waals surface area contributed by atoms with Gasteiger partial charge < -0.3 is 4.90 Å². The highest BCUT2D eigenvalue weighted by Gasteiger charge is 2.43. The number of halogens is 1. The average molecular weight is 318 g/mol. The van der Waals surface area contributed by atoms with E-state index < -0.39 is 5.41 Å². The molecule has 0 unspecified atom stereocenters. The van der Waals surface area contributed by atoms with Crippen LogP contribution in [0.4, 0.5) is 0 Å². The van der Waals surface area contributed by atoms with Gasteiger partial charge in [-0.1, -0.05) is 0 Å². The van der Waals surface area contributed by atoms with E-state index in [1.807, 2.05) is 11.4 Å². The van der Waals surface area contributed by atoms with Crippen molar-refractivity contribution in [2.45, 2.75) is 18.3 Å². The van der Waals surface area contributed by atoms with Gasteiger partial charge in [0.2, 0.25) is 5.91 Å². The number of carbonyl (C=O) groups is 1. The van der Waals surface area contributed by atoms with Crippen molar-refractivity contribution >= 4 is 33.2 Å². The summed E-state index contributed by atoms with van der Waals surface area (Å²) in [5.41, 5.74) is 1.89. The minimum absolute atomic E-state index is 0.0695. The Morgan fingerprint density at radius 3 is 2.71 bits per heavy atom. The molecular weight excluding hydrogens is 302 g/mol. The summed E-state index contributed by atoms with van der Waals surface area (Å²) in [6.45, 7) is 1.84. The smallest absolute Gasteiger partial charge is 0.245 e. The minimum atomic E-state index is -0.446. The van der Waals surface area contributed by atoms with E-state index in [9.17, 15) is 4.79 Å². The number of nitrogens with one attached hydrogen (secondary N) is 1. The van der Waals surface area contributed by atoms with Crippen molar-refractivity contribution in [3.8, 4) is 0 Å². The molecule has 1 fully saturated rings. The molecule has 3 N–H and O–H groups in total. The number of hydrogen-bond acceptors (Lipinski definition) is 4. The Hall–Kier alpha value is -0.430. The number of amides is 1. The van der Waals surface area contributed by atoms with Crippen LogP contribution in [0.3, 0.4) is 0 Å². The molecule has 0 radical (unpaired) electrons. The van der Waals surface area contributed by atoms with Crippen LogP contribution in [0, 0.1) is 0 Å². The van der Waals surface area contributed by atoms with E-state index in [2.05, 4.69) is 33.3 Å². The zero-order valence-electron chi connectivity index (χ0n) is 9.70. The second kappa shape index (κ2) is 5.06. The predicted molar refractivity (Wildman–Crippen MR) is 72.8 cm³/mol. The van der Waals surface area contributed by atoms with Crippen molar-refractivity contribution in [2.75, 3.05) is 20.1 Å². The number of likely N-dealkylation sites (tertiary alicyclic amines) is 1. The monoisotopic (exact) mass is 317 g/mol. The number of nitrogens with two attached hydrogens (primary N) is 1. The van der Waals surface area contributed by atoms with Crippen LogP contribution in [-0.2, 0) is 10.2 Å². The lowest BCUT2D eigenvalue weighted by Crippen LogP contribution is -2.52. The van der Waals surface area contributed by atoms with Gasteiger partial charge in [-0.05, 0) is 55.0 Å². The topological polar surface area (TPSA) is 58.4 Å². The van der Waals surface area contributed by atoms with E-state index in [1.54, 1.807) is 11.3 Å². The average Bonchev–Trinajstić information content (AvgIpc) is 2.77. The van der Waals surface area contributed by atoms with Crippen LogP contribution in [0.15, 0.2) is 15.9 Å². The summed E-state index contributed by atoms with van der Waals surface area (Å²) >= 11 is 5.06. The molecule has 0 aromatic carbocycles. The molecule has 0 saturated carbocycles. The number of nitrogens with zero attached hydrogens (tertiary/aromatic N) is 1. The normalized spacial score (nSPS) is 20.2. The summed E-state index contributed by atoms with van der Waals surface area (Å²) in [4.78, 5) is 15.5. The van der Waals surface area contributed by atoms with Crippen molar-refractivity contribution in [3.63, 3.8) is 0 Å². The van der Waals surface area contributed by atoms with Gasteiger partial charge in [0.25, 0.3) is 0 Å². The maximum absolute atomic E-state index is 12.1. The minimum Gasteiger partial charge on any atom is -0.306 e. The Kier molecular flexibility index (Phi) is 3.87. The largest absolute Gasteiger partial charge is 0.306 e. The van der Waals surface area contributed by atoms with Gasteiger partial charge in [0, 0.05) is 14.7 Å². The molecule has 1 aliphatic heterocycles. The van der Waals surface area contributed by atoms with E-state index >= 15 is 0 Å². The van der Waals surface area contributed by atoms with Crippen LogP contribution in [0.1, 0.15) is 17.7 Å². The highest BCUT2D eigenvalue weighted by atomic mass is 79.9. The Bertz CT molecular complexity index is 413. The van der Waals surface area contributed by atoms with Gasteiger partial charge in [-0.3, -0.25) is 10.2 Å². The van der Waals surface area contributed by atoms with E-state index in [0.29, 0.717) is 0 Å². The van der Waals surface area contributed by atoms with E-state index in [1.165, 1.54) is 0 Å². The predicted octanol–water partition coefficient (Wildman–Crippen LogP) is 1.46. The number of carbonyl (C=O) groups excluding carboxylic acids is 1. The molecule has 0 bridgehead atoms. The van der Waals surface area contributed by atoms with Crippen LogP contribution in [0.5, 0.6) is 0 Å². The quantitative estimate of drug-likeness (QED) is 0.493. The standard InChI is InChI=1S/C11H16BrN3OS/c1-15-4-2-11(3-5-15,10(16)14-13)9-6-8(12)7-17-9/h6-7H,2-5,13H2,1H3,(H,14,16). The highest BCUT2D eigenvalue weighted by molar-refractivity contribution is 9.10. The number of rotatable bonds is 2. The first-order chi connectivity index (χ1) is 8.08. The molecule has 2 rings (SSSR count). The van der Waals surface area contributed by atoms with Gasteiger partial charge in [-0.2, -0.15) is 0 Å². The number of hydrazine groups is 1. The molecule has 1 aromatic rings. The lowest BCUT2D eigenvalue weighted by Gasteiger charge is -2.38. The van der Waals surface area contributed by atoms with Gasteiger partial charge in [0.05, 0.1) is 5.41 Å². The van der Waals surface area contributed by atoms with Gasteiger partial charge in [-0.15, -0.1) is 11.3 Å². The Balaban J connectivity index is 2.34. The van der Waals surface area contributed by atoms with Crippen LogP contribution in [0.25, 0.3) is 0 Å². The molecule has 17 heavy (non-hydrogen) atoms. The summed E-state index contributed by atoms with van der Waals surface area (Å²) in [7, 11) is 2.08.